The number of unbranched alkanes of at least 4 members (excludes halogenated alkanes) is 2. The zero-order valence-electron chi connectivity index (χ0n) is 7.71. The van der Waals surface area contributed by atoms with E-state index < -0.39 is 0 Å². The van der Waals surface area contributed by atoms with Gasteiger partial charge in [-0.25, -0.2) is 4.79 Å². The summed E-state index contributed by atoms with van der Waals surface area (Å²) in [6.45, 7) is 7.14. The van der Waals surface area contributed by atoms with Gasteiger partial charge in [0.1, 0.15) is 6.10 Å². The summed E-state index contributed by atoms with van der Waals surface area (Å²) >= 11 is 0. The van der Waals surface area contributed by atoms with Crippen molar-refractivity contribution in [2.24, 2.45) is 0 Å². The molecule has 0 rings (SSSR count). The van der Waals surface area contributed by atoms with Crippen LogP contribution >= 0.6 is 0 Å². The maximum absolute atomic E-state index is 9.90. The highest BCUT2D eigenvalue weighted by Gasteiger charge is 2.05. The highest BCUT2D eigenvalue weighted by Crippen LogP contribution is 2.09. The third-order valence-electron chi connectivity index (χ3n) is 1.85. The van der Waals surface area contributed by atoms with Crippen molar-refractivity contribution in [2.75, 3.05) is 0 Å². The van der Waals surface area contributed by atoms with Gasteiger partial charge in [-0.2, -0.15) is 0 Å². The second kappa shape index (κ2) is 8.31. The molecule has 0 aliphatic rings. The van der Waals surface area contributed by atoms with Crippen LogP contribution in [0.25, 0.3) is 0 Å². The third kappa shape index (κ3) is 5.96. The van der Waals surface area contributed by atoms with Crippen molar-refractivity contribution in [3.8, 4) is 0 Å². The smallest absolute Gasteiger partial charge is 0.417 e. The lowest BCUT2D eigenvalue weighted by atomic mass is 10.1. The van der Waals surface area contributed by atoms with Crippen molar-refractivity contribution in [1.82, 2.24) is 0 Å². The maximum atomic E-state index is 9.90. The average Bonchev–Trinajstić information content (AvgIpc) is 2.10. The van der Waals surface area contributed by atoms with Gasteiger partial charge in [-0.15, -0.1) is 6.58 Å². The second-order valence-corrected chi connectivity index (χ2v) is 2.80. The number of hydrogen-bond acceptors (Lipinski definition) is 2. The first kappa shape index (κ1) is 11.2. The van der Waals surface area contributed by atoms with E-state index in [1.807, 2.05) is 13.0 Å². The highest BCUT2D eigenvalue weighted by molar-refractivity contribution is 5.38. The molecular weight excluding hydrogens is 152 g/mol. The van der Waals surface area contributed by atoms with Gasteiger partial charge in [0.05, 0.1) is 0 Å². The van der Waals surface area contributed by atoms with E-state index >= 15 is 0 Å². The van der Waals surface area contributed by atoms with Crippen molar-refractivity contribution in [2.45, 2.75) is 45.1 Å². The normalized spacial score (nSPS) is 12.1. The number of carbonyl (C=O) groups excluding carboxylic acids is 1. The molecular formula is C10H17O2. The van der Waals surface area contributed by atoms with E-state index in [9.17, 15) is 4.79 Å². The summed E-state index contributed by atoms with van der Waals surface area (Å²) in [6, 6.07) is 0. The fourth-order valence-electron chi connectivity index (χ4n) is 1.08. The average molecular weight is 169 g/mol. The van der Waals surface area contributed by atoms with Crippen LogP contribution in [0.5, 0.6) is 0 Å². The summed E-state index contributed by atoms with van der Waals surface area (Å²) in [6.07, 6.45) is 7.05. The molecule has 0 aliphatic heterocycles. The van der Waals surface area contributed by atoms with E-state index in [0.29, 0.717) is 0 Å². The van der Waals surface area contributed by atoms with Gasteiger partial charge in [-0.3, -0.25) is 0 Å². The minimum absolute atomic E-state index is 0.0623. The van der Waals surface area contributed by atoms with Crippen LogP contribution in [0.4, 0.5) is 0 Å². The van der Waals surface area contributed by atoms with Crippen LogP contribution in [0, 0.1) is 0 Å². The molecule has 0 aliphatic carbocycles. The number of allylic oxidation sites excluding steroid dienone is 1. The Kier molecular flexibility index (Phi) is 7.76. The van der Waals surface area contributed by atoms with Crippen molar-refractivity contribution in [3.63, 3.8) is 0 Å². The summed E-state index contributed by atoms with van der Waals surface area (Å²) in [5, 5.41) is 0. The zero-order chi connectivity index (χ0) is 9.23. The van der Waals surface area contributed by atoms with Crippen molar-refractivity contribution in [3.05, 3.63) is 12.7 Å². The van der Waals surface area contributed by atoms with E-state index in [1.165, 1.54) is 6.47 Å². The standard InChI is InChI=1S/C10H17O2/c1-3-5-6-7-8-10(4-2)12-9-11/h3,10H,1,4-8H2,2H3. The van der Waals surface area contributed by atoms with Gasteiger partial charge >= 0.3 is 6.47 Å². The molecule has 12 heavy (non-hydrogen) atoms. The molecule has 0 N–H and O–H groups in total. The third-order valence-corrected chi connectivity index (χ3v) is 1.85. The Balaban J connectivity index is 3.30. The Morgan fingerprint density at radius 1 is 1.58 bits per heavy atom. The first-order chi connectivity index (χ1) is 5.85. The lowest BCUT2D eigenvalue weighted by Crippen LogP contribution is -2.09. The maximum Gasteiger partial charge on any atom is 0.417 e. The van der Waals surface area contributed by atoms with Gasteiger partial charge in [-0.1, -0.05) is 13.0 Å². The molecule has 0 saturated carbocycles. The van der Waals surface area contributed by atoms with Crippen molar-refractivity contribution < 1.29 is 9.53 Å². The molecule has 0 bridgehead atoms. The lowest BCUT2D eigenvalue weighted by molar-refractivity contribution is 0.160. The van der Waals surface area contributed by atoms with Gasteiger partial charge in [0.25, 0.3) is 0 Å². The first-order valence-corrected chi connectivity index (χ1v) is 4.48. The minimum atomic E-state index is 0.0623. The Bertz CT molecular complexity index is 121. The number of rotatable bonds is 8. The largest absolute Gasteiger partial charge is 0.454 e. The second-order valence-electron chi connectivity index (χ2n) is 2.80. The monoisotopic (exact) mass is 169 g/mol. The van der Waals surface area contributed by atoms with Crippen LogP contribution in [0.1, 0.15) is 39.0 Å². The summed E-state index contributed by atoms with van der Waals surface area (Å²) in [4.78, 5) is 9.90. The molecule has 2 nitrogen and oxygen atoms in total. The fraction of sp³-hybridized carbons (Fsp3) is 0.700. The molecule has 0 amide bonds. The summed E-state index contributed by atoms with van der Waals surface area (Å²) in [5.41, 5.74) is 0. The van der Waals surface area contributed by atoms with Gasteiger partial charge < -0.3 is 4.74 Å². The zero-order valence-corrected chi connectivity index (χ0v) is 7.71. The molecule has 69 valence electrons. The molecule has 0 fully saturated rings. The number of ether oxygens (including phenoxy) is 1. The van der Waals surface area contributed by atoms with Crippen LogP contribution < -0.4 is 0 Å². The predicted octanol–water partition coefficient (Wildman–Crippen LogP) is 2.60. The van der Waals surface area contributed by atoms with E-state index in [-0.39, 0.29) is 6.10 Å². The van der Waals surface area contributed by atoms with Crippen molar-refractivity contribution >= 4 is 6.47 Å². The Morgan fingerprint density at radius 3 is 2.83 bits per heavy atom. The van der Waals surface area contributed by atoms with Gasteiger partial charge in [-0.05, 0) is 32.1 Å². The Morgan fingerprint density at radius 2 is 2.33 bits per heavy atom. The summed E-state index contributed by atoms with van der Waals surface area (Å²) in [5.74, 6) is 0. The molecule has 0 saturated heterocycles. The minimum Gasteiger partial charge on any atom is -0.454 e. The van der Waals surface area contributed by atoms with E-state index in [1.54, 1.807) is 0 Å². The number of hydrogen-bond donors (Lipinski definition) is 0. The topological polar surface area (TPSA) is 26.3 Å². The molecule has 0 aromatic heterocycles. The quantitative estimate of drug-likeness (QED) is 0.412. The van der Waals surface area contributed by atoms with Crippen LogP contribution in [-0.2, 0) is 9.53 Å². The van der Waals surface area contributed by atoms with Crippen LogP contribution in [0.15, 0.2) is 12.7 Å². The Hall–Kier alpha value is -0.790. The molecule has 0 aromatic rings. The molecule has 0 spiro atoms. The molecule has 1 unspecified atom stereocenters. The van der Waals surface area contributed by atoms with E-state index in [2.05, 4.69) is 6.58 Å². The lowest BCUT2D eigenvalue weighted by Gasteiger charge is -2.10. The van der Waals surface area contributed by atoms with Crippen LogP contribution in [0.3, 0.4) is 0 Å². The van der Waals surface area contributed by atoms with Gasteiger partial charge in [0.2, 0.25) is 0 Å². The first-order valence-electron chi connectivity index (χ1n) is 4.48. The van der Waals surface area contributed by atoms with E-state index in [4.69, 9.17) is 4.74 Å². The highest BCUT2D eigenvalue weighted by atomic mass is 16.5. The Labute approximate surface area is 74.6 Å². The predicted molar refractivity (Wildman–Crippen MR) is 49.5 cm³/mol. The SMILES string of the molecule is C=CCCCCC(CC)O[C]=O. The molecule has 1 radical (unpaired) electrons. The molecule has 2 heteroatoms. The van der Waals surface area contributed by atoms with Crippen LogP contribution in [0.2, 0.25) is 0 Å². The van der Waals surface area contributed by atoms with Crippen LogP contribution in [-0.4, -0.2) is 12.6 Å². The van der Waals surface area contributed by atoms with Gasteiger partial charge in [0, 0.05) is 0 Å². The summed E-state index contributed by atoms with van der Waals surface area (Å²) < 4.78 is 4.74. The van der Waals surface area contributed by atoms with Crippen molar-refractivity contribution in [1.29, 1.82) is 0 Å². The summed E-state index contributed by atoms with van der Waals surface area (Å²) in [7, 11) is 0. The van der Waals surface area contributed by atoms with E-state index in [0.717, 1.165) is 32.1 Å². The molecule has 1 atom stereocenters. The fourth-order valence-corrected chi connectivity index (χ4v) is 1.08. The van der Waals surface area contributed by atoms with Gasteiger partial charge in [0.15, 0.2) is 0 Å². The molecule has 0 heterocycles. The molecule has 0 aromatic carbocycles.